The first-order chi connectivity index (χ1) is 11.3. The van der Waals surface area contributed by atoms with Gasteiger partial charge in [0.15, 0.2) is 0 Å². The second-order valence-corrected chi connectivity index (χ2v) is 4.99. The summed E-state index contributed by atoms with van der Waals surface area (Å²) in [6.07, 6.45) is 3.61. The average molecular weight is 303 g/mol. The Morgan fingerprint density at radius 2 is 1.78 bits per heavy atom. The van der Waals surface area contributed by atoms with Crippen molar-refractivity contribution in [1.82, 2.24) is 15.3 Å². The lowest BCUT2D eigenvalue weighted by atomic mass is 9.98. The summed E-state index contributed by atoms with van der Waals surface area (Å²) in [6.45, 7) is 0. The largest absolute Gasteiger partial charge is 0.360 e. The van der Waals surface area contributed by atoms with E-state index in [0.717, 1.165) is 22.2 Å². The van der Waals surface area contributed by atoms with Crippen LogP contribution in [0.25, 0.3) is 22.2 Å². The van der Waals surface area contributed by atoms with Crippen molar-refractivity contribution >= 4 is 16.9 Å². The maximum absolute atomic E-state index is 12.2. The lowest BCUT2D eigenvalue weighted by molar-refractivity contribution is 0.0964. The highest BCUT2D eigenvalue weighted by Gasteiger charge is 2.13. The Bertz CT molecular complexity index is 898. The van der Waals surface area contributed by atoms with Gasteiger partial charge < -0.3 is 10.3 Å². The minimum absolute atomic E-state index is 0.113. The Labute approximate surface area is 134 Å². The molecule has 23 heavy (non-hydrogen) atoms. The molecule has 2 N–H and O–H groups in total. The molecule has 114 valence electrons. The third-order valence-corrected chi connectivity index (χ3v) is 3.57. The molecule has 0 radical (unpaired) electrons. The Morgan fingerprint density at radius 1 is 0.957 bits per heavy atom. The van der Waals surface area contributed by atoms with Crippen molar-refractivity contribution < 1.29 is 4.79 Å². The van der Waals surface area contributed by atoms with Gasteiger partial charge in [0.1, 0.15) is 0 Å². The first-order valence-corrected chi connectivity index (χ1v) is 7.38. The van der Waals surface area contributed by atoms with E-state index in [2.05, 4.69) is 15.3 Å². The molecule has 0 saturated heterocycles. The summed E-state index contributed by atoms with van der Waals surface area (Å²) in [7, 11) is 1.63. The molecule has 0 aliphatic carbocycles. The Hall–Kier alpha value is -3.14. The third-order valence-electron chi connectivity index (χ3n) is 3.57. The quantitative estimate of drug-likeness (QED) is 0.758. The van der Waals surface area contributed by atoms with Gasteiger partial charge in [-0.3, -0.25) is 9.78 Å². The maximum Gasteiger partial charge on any atom is 0.251 e. The van der Waals surface area contributed by atoms with Crippen LogP contribution in [0, 0.1) is 0 Å². The van der Waals surface area contributed by atoms with Crippen LogP contribution in [-0.2, 0) is 0 Å². The molecule has 4 heteroatoms. The zero-order chi connectivity index (χ0) is 16.1. The molecule has 0 saturated carbocycles. The number of rotatable bonds is 2. The molecule has 0 unspecified atom stereocenters. The molecule has 3 rings (SSSR count). The van der Waals surface area contributed by atoms with Gasteiger partial charge in [0.25, 0.3) is 5.91 Å². The topological polar surface area (TPSA) is 57.8 Å². The number of H-pyrrole nitrogens is 1. The number of para-hydroxylation sites is 1. The molecular weight excluding hydrogens is 286 g/mol. The van der Waals surface area contributed by atoms with Gasteiger partial charge in [-0.25, -0.2) is 0 Å². The monoisotopic (exact) mass is 303 g/mol. The number of aromatic nitrogens is 2. The molecule has 0 fully saturated rings. The smallest absolute Gasteiger partial charge is 0.251 e. The number of nitrogens with zero attached hydrogens (tertiary/aromatic N) is 1. The highest BCUT2D eigenvalue weighted by Crippen LogP contribution is 2.28. The van der Waals surface area contributed by atoms with Crippen LogP contribution >= 0.6 is 0 Å². The fourth-order valence-corrected chi connectivity index (χ4v) is 2.49. The number of benzene rings is 2. The number of hydrogen-bond acceptors (Lipinski definition) is 2. The summed E-state index contributed by atoms with van der Waals surface area (Å²) in [5.74, 6) is -0.113. The van der Waals surface area contributed by atoms with Crippen LogP contribution in [0.4, 0.5) is 0 Å². The van der Waals surface area contributed by atoms with Crippen LogP contribution in [0.5, 0.6) is 0 Å². The highest BCUT2D eigenvalue weighted by atomic mass is 16.1. The van der Waals surface area contributed by atoms with Gasteiger partial charge in [0.05, 0.1) is 11.0 Å². The van der Waals surface area contributed by atoms with Crippen molar-refractivity contribution in [3.05, 3.63) is 78.6 Å². The van der Waals surface area contributed by atoms with Gasteiger partial charge in [0.2, 0.25) is 0 Å². The number of hydrogen-bond donors (Lipinski definition) is 2. The minimum atomic E-state index is -0.113. The first kappa shape index (κ1) is 14.8. The summed E-state index contributed by atoms with van der Waals surface area (Å²) in [4.78, 5) is 20.0. The Balaban J connectivity index is 2.35. The van der Waals surface area contributed by atoms with Crippen LogP contribution in [0.1, 0.15) is 10.4 Å². The molecule has 1 heterocycles. The Morgan fingerprint density at radius 3 is 2.65 bits per heavy atom. The normalized spacial score (nSPS) is 10.1. The van der Waals surface area contributed by atoms with E-state index in [1.165, 1.54) is 0 Å². The predicted octanol–water partition coefficient (Wildman–Crippen LogP) is 3.71. The summed E-state index contributed by atoms with van der Waals surface area (Å²) >= 11 is 0. The summed E-state index contributed by atoms with van der Waals surface area (Å²) in [5, 5.41) is 2.69. The molecule has 0 aliphatic rings. The van der Waals surface area contributed by atoms with Crippen molar-refractivity contribution in [1.29, 1.82) is 0 Å². The van der Waals surface area contributed by atoms with E-state index in [0.29, 0.717) is 5.56 Å². The predicted molar refractivity (Wildman–Crippen MR) is 92.5 cm³/mol. The van der Waals surface area contributed by atoms with Gasteiger partial charge in [-0.15, -0.1) is 0 Å². The van der Waals surface area contributed by atoms with Gasteiger partial charge in [-0.1, -0.05) is 36.4 Å². The second-order valence-electron chi connectivity index (χ2n) is 4.99. The van der Waals surface area contributed by atoms with E-state index in [4.69, 9.17) is 0 Å². The molecule has 0 spiro atoms. The molecule has 1 amide bonds. The molecule has 0 aliphatic heterocycles. The number of carbonyl (C=O) groups excluding carboxylic acids is 1. The van der Waals surface area contributed by atoms with E-state index in [-0.39, 0.29) is 5.91 Å². The molecule has 4 nitrogen and oxygen atoms in total. The Kier molecular flexibility index (Phi) is 4.34. The van der Waals surface area contributed by atoms with E-state index in [9.17, 15) is 4.79 Å². The fraction of sp³-hybridized carbons (Fsp3) is 0.0526. The highest BCUT2D eigenvalue weighted by molar-refractivity contribution is 6.04. The summed E-state index contributed by atoms with van der Waals surface area (Å²) in [5.41, 5.74) is 4.10. The molecule has 0 atom stereocenters. The minimum Gasteiger partial charge on any atom is -0.360 e. The molecule has 3 aromatic rings. The third kappa shape index (κ3) is 3.06. The number of aromatic amines is 1. The SMILES string of the molecule is CNC(=O)c1ccccc1-c1cccc2[nH]cccccnc12. The van der Waals surface area contributed by atoms with Crippen LogP contribution < -0.4 is 5.32 Å². The standard InChI is InChI=1S/C19H17N3O/c1-20-19(23)16-9-4-3-8-14(16)15-10-7-11-17-18(15)22-13-6-2-5-12-21-17/h2-13,21H,1H3,(H,20,23). The molecule has 1 aromatic heterocycles. The molecular formula is C19H17N3O. The van der Waals surface area contributed by atoms with Crippen molar-refractivity contribution in [2.24, 2.45) is 0 Å². The van der Waals surface area contributed by atoms with Gasteiger partial charge in [0, 0.05) is 30.6 Å². The number of nitrogens with one attached hydrogen (secondary N) is 2. The number of carbonyl (C=O) groups is 1. The maximum atomic E-state index is 12.2. The fourth-order valence-electron chi connectivity index (χ4n) is 2.49. The van der Waals surface area contributed by atoms with E-state index < -0.39 is 0 Å². The second kappa shape index (κ2) is 6.75. The number of amides is 1. The zero-order valence-corrected chi connectivity index (χ0v) is 12.8. The lowest BCUT2D eigenvalue weighted by Gasteiger charge is -2.10. The molecule has 0 bridgehead atoms. The van der Waals surface area contributed by atoms with Gasteiger partial charge in [-0.2, -0.15) is 0 Å². The lowest BCUT2D eigenvalue weighted by Crippen LogP contribution is -2.18. The summed E-state index contributed by atoms with van der Waals surface area (Å²) in [6, 6.07) is 19.1. The van der Waals surface area contributed by atoms with Crippen LogP contribution in [0.3, 0.4) is 0 Å². The van der Waals surface area contributed by atoms with Crippen LogP contribution in [0.2, 0.25) is 0 Å². The van der Waals surface area contributed by atoms with Crippen molar-refractivity contribution in [2.45, 2.75) is 0 Å². The molecule has 2 aromatic carbocycles. The van der Waals surface area contributed by atoms with Crippen LogP contribution in [0.15, 0.2) is 73.1 Å². The van der Waals surface area contributed by atoms with Crippen molar-refractivity contribution in [2.75, 3.05) is 7.05 Å². The van der Waals surface area contributed by atoms with E-state index in [1.807, 2.05) is 66.9 Å². The zero-order valence-electron chi connectivity index (χ0n) is 12.8. The summed E-state index contributed by atoms with van der Waals surface area (Å²) < 4.78 is 0. The van der Waals surface area contributed by atoms with E-state index >= 15 is 0 Å². The first-order valence-electron chi connectivity index (χ1n) is 7.38. The van der Waals surface area contributed by atoms with Crippen LogP contribution in [-0.4, -0.2) is 22.9 Å². The van der Waals surface area contributed by atoms with Gasteiger partial charge >= 0.3 is 0 Å². The van der Waals surface area contributed by atoms with Gasteiger partial charge in [-0.05, 0) is 29.8 Å². The van der Waals surface area contributed by atoms with Crippen molar-refractivity contribution in [3.8, 4) is 11.1 Å². The number of fused-ring (bicyclic) bond motifs is 1. The van der Waals surface area contributed by atoms with Crippen molar-refractivity contribution in [3.63, 3.8) is 0 Å². The van der Waals surface area contributed by atoms with E-state index in [1.54, 1.807) is 13.2 Å². The average Bonchev–Trinajstić information content (AvgIpc) is 2.72.